The van der Waals surface area contributed by atoms with Crippen LogP contribution in [0.1, 0.15) is 69.8 Å². The molecule has 7 heteroatoms. The van der Waals surface area contributed by atoms with E-state index in [2.05, 4.69) is 0 Å². The minimum absolute atomic E-state index is 0.185. The Morgan fingerprint density at radius 3 is 2.45 bits per heavy atom. The van der Waals surface area contributed by atoms with Crippen molar-refractivity contribution >= 4 is 6.29 Å². The van der Waals surface area contributed by atoms with Crippen LogP contribution in [-0.2, 0) is 4.79 Å². The largest absolute Gasteiger partial charge is 0.431 e. The Balaban J connectivity index is 1.56. The normalized spacial score (nSPS) is 51.5. The van der Waals surface area contributed by atoms with E-state index in [1.807, 2.05) is 6.92 Å². The number of rotatable bonds is 2. The van der Waals surface area contributed by atoms with Gasteiger partial charge >= 0.3 is 5.63 Å². The topological polar surface area (TPSA) is 128 Å². The fraction of sp³-hybridized carbons (Fsp3) is 0.750. The quantitative estimate of drug-likeness (QED) is 0.522. The van der Waals surface area contributed by atoms with Gasteiger partial charge in [0, 0.05) is 30.2 Å². The number of hydrogen-bond acceptors (Lipinski definition) is 7. The van der Waals surface area contributed by atoms with Crippen LogP contribution in [0, 0.1) is 22.7 Å². The summed E-state index contributed by atoms with van der Waals surface area (Å²) in [6, 6.07) is 3.00. The molecule has 170 valence electrons. The van der Waals surface area contributed by atoms with Crippen molar-refractivity contribution in [2.75, 3.05) is 0 Å². The monoisotopic (exact) mass is 432 g/mol. The number of aliphatic hydroxyl groups is 4. The summed E-state index contributed by atoms with van der Waals surface area (Å²) in [6.07, 6.45) is 4.25. The van der Waals surface area contributed by atoms with E-state index in [0.29, 0.717) is 44.1 Å². The Labute approximate surface area is 181 Å². The number of aliphatic hydroxyl groups excluding tert-OH is 2. The van der Waals surface area contributed by atoms with Gasteiger partial charge in [0.05, 0.1) is 35.1 Å². The summed E-state index contributed by atoms with van der Waals surface area (Å²) in [4.78, 5) is 24.0. The number of carbonyl (C=O) groups excluding carboxylic acids is 1. The molecule has 7 nitrogen and oxygen atoms in total. The Morgan fingerprint density at radius 2 is 1.77 bits per heavy atom. The zero-order valence-corrected chi connectivity index (χ0v) is 17.9. The predicted octanol–water partition coefficient (Wildman–Crippen LogP) is 1.51. The Hall–Kier alpha value is -1.54. The van der Waals surface area contributed by atoms with E-state index in [-0.39, 0.29) is 30.6 Å². The standard InChI is InChI=1S/C24H32O7/c1-21-7-5-16-17(6-9-23(29)10-15(26)4-8-22(16,23)13-25)24(21,30)11-18(27)20(21)14-2-3-19(28)31-12-14/h2-3,12-13,15-18,20,26-27,29-30H,4-11H2,1H3. The van der Waals surface area contributed by atoms with E-state index in [0.717, 1.165) is 6.29 Å². The molecule has 4 N–H and O–H groups in total. The average molecular weight is 433 g/mol. The minimum atomic E-state index is -1.25. The lowest BCUT2D eigenvalue weighted by atomic mass is 9.41. The number of hydrogen-bond donors (Lipinski definition) is 4. The van der Waals surface area contributed by atoms with Crippen molar-refractivity contribution in [3.63, 3.8) is 0 Å². The molecule has 0 aromatic carbocycles. The van der Waals surface area contributed by atoms with Gasteiger partial charge in [-0.2, -0.15) is 0 Å². The fourth-order valence-corrected chi connectivity index (χ4v) is 8.33. The molecule has 5 rings (SSSR count). The van der Waals surface area contributed by atoms with Crippen LogP contribution in [0.2, 0.25) is 0 Å². The molecule has 4 aliphatic carbocycles. The first-order chi connectivity index (χ1) is 14.6. The lowest BCUT2D eigenvalue weighted by molar-refractivity contribution is -0.247. The summed E-state index contributed by atoms with van der Waals surface area (Å²) in [5.41, 5.74) is -3.85. The Bertz CT molecular complexity index is 924. The second-order valence-corrected chi connectivity index (χ2v) is 10.9. The maximum absolute atomic E-state index is 12.5. The van der Waals surface area contributed by atoms with Gasteiger partial charge < -0.3 is 29.6 Å². The number of fused-ring (bicyclic) bond motifs is 5. The summed E-state index contributed by atoms with van der Waals surface area (Å²) in [5.74, 6) is -0.819. The molecule has 0 radical (unpaired) electrons. The molecular formula is C24H32O7. The van der Waals surface area contributed by atoms with Crippen molar-refractivity contribution < 1.29 is 29.6 Å². The summed E-state index contributed by atoms with van der Waals surface area (Å²) in [6.45, 7) is 1.99. The van der Waals surface area contributed by atoms with Crippen molar-refractivity contribution in [2.45, 2.75) is 87.6 Å². The SMILES string of the molecule is CC12CCC3C(CCC4(O)CC(O)CCC34C=O)C1(O)CC(O)C2c1ccc(=O)oc1. The third-order valence-electron chi connectivity index (χ3n) is 9.81. The molecule has 4 fully saturated rings. The van der Waals surface area contributed by atoms with Crippen LogP contribution in [0.3, 0.4) is 0 Å². The number of aldehydes is 1. The van der Waals surface area contributed by atoms with Gasteiger partial charge in [0.15, 0.2) is 0 Å². The zero-order chi connectivity index (χ0) is 22.2. The lowest BCUT2D eigenvalue weighted by Crippen LogP contribution is -2.68. The van der Waals surface area contributed by atoms with Gasteiger partial charge in [-0.05, 0) is 62.0 Å². The maximum atomic E-state index is 12.5. The first-order valence-corrected chi connectivity index (χ1v) is 11.5. The van der Waals surface area contributed by atoms with Crippen molar-refractivity contribution in [2.24, 2.45) is 22.7 Å². The van der Waals surface area contributed by atoms with E-state index in [1.54, 1.807) is 6.07 Å². The van der Waals surface area contributed by atoms with Crippen LogP contribution >= 0.6 is 0 Å². The highest BCUT2D eigenvalue weighted by Gasteiger charge is 2.72. The summed E-state index contributed by atoms with van der Waals surface area (Å²) in [7, 11) is 0. The molecule has 4 saturated carbocycles. The summed E-state index contributed by atoms with van der Waals surface area (Å²) >= 11 is 0. The predicted molar refractivity (Wildman–Crippen MR) is 110 cm³/mol. The molecule has 0 spiro atoms. The van der Waals surface area contributed by atoms with Crippen LogP contribution in [0.15, 0.2) is 27.6 Å². The van der Waals surface area contributed by atoms with Gasteiger partial charge in [0.2, 0.25) is 0 Å². The van der Waals surface area contributed by atoms with Crippen molar-refractivity contribution in [3.05, 3.63) is 34.4 Å². The van der Waals surface area contributed by atoms with E-state index < -0.39 is 39.9 Å². The average Bonchev–Trinajstić information content (AvgIpc) is 2.93. The molecule has 0 amide bonds. The van der Waals surface area contributed by atoms with Crippen LogP contribution in [0.25, 0.3) is 0 Å². The summed E-state index contributed by atoms with van der Waals surface area (Å²) < 4.78 is 5.06. The van der Waals surface area contributed by atoms with E-state index in [1.165, 1.54) is 12.3 Å². The molecule has 4 aliphatic rings. The van der Waals surface area contributed by atoms with Gasteiger partial charge in [-0.3, -0.25) is 0 Å². The van der Waals surface area contributed by atoms with Gasteiger partial charge in [-0.15, -0.1) is 0 Å². The smallest absolute Gasteiger partial charge is 0.335 e. The molecule has 1 aromatic rings. The molecule has 31 heavy (non-hydrogen) atoms. The highest BCUT2D eigenvalue weighted by molar-refractivity contribution is 5.64. The van der Waals surface area contributed by atoms with Crippen molar-refractivity contribution in [1.29, 1.82) is 0 Å². The fourth-order valence-electron chi connectivity index (χ4n) is 8.33. The van der Waals surface area contributed by atoms with Gasteiger partial charge in [-0.25, -0.2) is 4.79 Å². The van der Waals surface area contributed by atoms with Gasteiger partial charge in [-0.1, -0.05) is 6.92 Å². The molecule has 0 bridgehead atoms. The number of carbonyl (C=O) groups is 1. The first kappa shape index (κ1) is 21.3. The third kappa shape index (κ3) is 2.60. The van der Waals surface area contributed by atoms with Crippen molar-refractivity contribution in [1.82, 2.24) is 0 Å². The highest BCUT2D eigenvalue weighted by atomic mass is 16.4. The minimum Gasteiger partial charge on any atom is -0.431 e. The molecule has 0 saturated heterocycles. The van der Waals surface area contributed by atoms with Gasteiger partial charge in [0.25, 0.3) is 0 Å². The second kappa shape index (κ2) is 6.73. The maximum Gasteiger partial charge on any atom is 0.335 e. The Kier molecular flexibility index (Phi) is 4.63. The van der Waals surface area contributed by atoms with Crippen LogP contribution in [0.5, 0.6) is 0 Å². The van der Waals surface area contributed by atoms with Crippen LogP contribution in [0.4, 0.5) is 0 Å². The second-order valence-electron chi connectivity index (χ2n) is 10.9. The van der Waals surface area contributed by atoms with Crippen LogP contribution in [-0.4, -0.2) is 50.1 Å². The summed E-state index contributed by atoms with van der Waals surface area (Å²) in [5, 5.41) is 44.9. The van der Waals surface area contributed by atoms with E-state index >= 15 is 0 Å². The molecule has 9 atom stereocenters. The molecular weight excluding hydrogens is 400 g/mol. The van der Waals surface area contributed by atoms with E-state index in [9.17, 15) is 30.0 Å². The Morgan fingerprint density at radius 1 is 1.03 bits per heavy atom. The molecule has 0 aliphatic heterocycles. The van der Waals surface area contributed by atoms with Gasteiger partial charge in [0.1, 0.15) is 6.29 Å². The van der Waals surface area contributed by atoms with Crippen LogP contribution < -0.4 is 5.63 Å². The molecule has 1 aromatic heterocycles. The zero-order valence-electron chi connectivity index (χ0n) is 17.9. The molecule has 1 heterocycles. The molecule has 9 unspecified atom stereocenters. The lowest BCUT2D eigenvalue weighted by Gasteiger charge is -2.65. The highest BCUT2D eigenvalue weighted by Crippen LogP contribution is 2.70. The van der Waals surface area contributed by atoms with Crippen molar-refractivity contribution in [3.8, 4) is 0 Å². The third-order valence-corrected chi connectivity index (χ3v) is 9.81. The van der Waals surface area contributed by atoms with E-state index in [4.69, 9.17) is 4.42 Å². The first-order valence-electron chi connectivity index (χ1n) is 11.5.